The number of hydrogen-bond acceptors (Lipinski definition) is 3. The average molecular weight is 276 g/mol. The lowest BCUT2D eigenvalue weighted by Gasteiger charge is -2.21. The fourth-order valence-electron chi connectivity index (χ4n) is 2.97. The lowest BCUT2D eigenvalue weighted by atomic mass is 9.96. The summed E-state index contributed by atoms with van der Waals surface area (Å²) in [6, 6.07) is 4.95. The van der Waals surface area contributed by atoms with Gasteiger partial charge in [-0.05, 0) is 37.3 Å². The highest BCUT2D eigenvalue weighted by Crippen LogP contribution is 2.28. The van der Waals surface area contributed by atoms with E-state index in [1.54, 1.807) is 18.2 Å². The molecule has 1 atom stereocenters. The third kappa shape index (κ3) is 3.24. The van der Waals surface area contributed by atoms with Crippen LogP contribution >= 0.6 is 0 Å². The lowest BCUT2D eigenvalue weighted by molar-refractivity contribution is 0.0757. The van der Waals surface area contributed by atoms with E-state index < -0.39 is 0 Å². The molecule has 1 fully saturated rings. The molecule has 0 radical (unpaired) electrons. The zero-order valence-corrected chi connectivity index (χ0v) is 12.1. The smallest absolute Gasteiger partial charge is 0.257 e. The summed E-state index contributed by atoms with van der Waals surface area (Å²) in [6.45, 7) is 3.75. The van der Waals surface area contributed by atoms with Gasteiger partial charge in [0.05, 0.1) is 11.3 Å². The van der Waals surface area contributed by atoms with E-state index in [-0.39, 0.29) is 17.3 Å². The number of para-hydroxylation sites is 1. The number of benzene rings is 1. The van der Waals surface area contributed by atoms with Gasteiger partial charge in [-0.25, -0.2) is 0 Å². The SMILES string of the molecule is CCCC1CCCN(C(=O)c2cccc(N)c2O)CC1. The summed E-state index contributed by atoms with van der Waals surface area (Å²) in [4.78, 5) is 14.4. The van der Waals surface area contributed by atoms with Gasteiger partial charge in [0.1, 0.15) is 0 Å². The van der Waals surface area contributed by atoms with E-state index in [1.807, 2.05) is 4.90 Å². The molecule has 2 rings (SSSR count). The molecule has 1 unspecified atom stereocenters. The molecular weight excluding hydrogens is 252 g/mol. The van der Waals surface area contributed by atoms with Crippen molar-refractivity contribution in [3.8, 4) is 5.75 Å². The number of nitrogens with zero attached hydrogens (tertiary/aromatic N) is 1. The van der Waals surface area contributed by atoms with Crippen molar-refractivity contribution in [3.05, 3.63) is 23.8 Å². The topological polar surface area (TPSA) is 66.6 Å². The number of carbonyl (C=O) groups is 1. The summed E-state index contributed by atoms with van der Waals surface area (Å²) in [7, 11) is 0. The second-order valence-electron chi connectivity index (χ2n) is 5.62. The van der Waals surface area contributed by atoms with Crippen molar-refractivity contribution >= 4 is 11.6 Å². The van der Waals surface area contributed by atoms with Crippen LogP contribution in [0.1, 0.15) is 49.4 Å². The van der Waals surface area contributed by atoms with Crippen LogP contribution in [0, 0.1) is 5.92 Å². The van der Waals surface area contributed by atoms with Gasteiger partial charge in [-0.15, -0.1) is 0 Å². The minimum Gasteiger partial charge on any atom is -0.505 e. The highest BCUT2D eigenvalue weighted by atomic mass is 16.3. The zero-order chi connectivity index (χ0) is 14.5. The van der Waals surface area contributed by atoms with Crippen molar-refractivity contribution in [2.75, 3.05) is 18.8 Å². The number of phenols is 1. The van der Waals surface area contributed by atoms with Crippen molar-refractivity contribution in [1.82, 2.24) is 4.90 Å². The van der Waals surface area contributed by atoms with Crippen molar-refractivity contribution in [2.45, 2.75) is 39.0 Å². The molecule has 110 valence electrons. The van der Waals surface area contributed by atoms with E-state index in [0.29, 0.717) is 5.56 Å². The quantitative estimate of drug-likeness (QED) is 0.658. The molecule has 1 heterocycles. The predicted molar refractivity (Wildman–Crippen MR) is 80.7 cm³/mol. The molecule has 0 aliphatic carbocycles. The van der Waals surface area contributed by atoms with E-state index in [4.69, 9.17) is 5.73 Å². The molecule has 1 aliphatic heterocycles. The summed E-state index contributed by atoms with van der Waals surface area (Å²) in [5.41, 5.74) is 6.24. The van der Waals surface area contributed by atoms with Crippen LogP contribution in [0.3, 0.4) is 0 Å². The first kappa shape index (κ1) is 14.7. The molecule has 1 amide bonds. The molecule has 1 aromatic rings. The minimum atomic E-state index is -0.105. The molecule has 1 aromatic carbocycles. The summed E-state index contributed by atoms with van der Waals surface area (Å²) in [5.74, 6) is 0.533. The summed E-state index contributed by atoms with van der Waals surface area (Å²) in [6.07, 6.45) is 5.74. The number of anilines is 1. The molecule has 0 aromatic heterocycles. The van der Waals surface area contributed by atoms with Crippen LogP contribution in [0.15, 0.2) is 18.2 Å². The Labute approximate surface area is 120 Å². The Morgan fingerprint density at radius 1 is 1.40 bits per heavy atom. The van der Waals surface area contributed by atoms with E-state index >= 15 is 0 Å². The van der Waals surface area contributed by atoms with Gasteiger partial charge >= 0.3 is 0 Å². The van der Waals surface area contributed by atoms with Gasteiger partial charge in [0, 0.05) is 13.1 Å². The molecule has 1 aliphatic rings. The molecule has 0 spiro atoms. The number of amides is 1. The first-order chi connectivity index (χ1) is 9.63. The number of nitrogens with two attached hydrogens (primary N) is 1. The standard InChI is InChI=1S/C16H24N2O2/c1-2-5-12-6-4-10-18(11-9-12)16(20)13-7-3-8-14(17)15(13)19/h3,7-8,12,19H,2,4-6,9-11,17H2,1H3. The Bertz CT molecular complexity index is 474. The Morgan fingerprint density at radius 3 is 2.95 bits per heavy atom. The number of hydrogen-bond donors (Lipinski definition) is 2. The highest BCUT2D eigenvalue weighted by Gasteiger charge is 2.23. The van der Waals surface area contributed by atoms with Crippen LogP contribution in [-0.2, 0) is 0 Å². The van der Waals surface area contributed by atoms with Gasteiger partial charge < -0.3 is 15.7 Å². The van der Waals surface area contributed by atoms with E-state index in [2.05, 4.69) is 6.92 Å². The summed E-state index contributed by atoms with van der Waals surface area (Å²) < 4.78 is 0. The Morgan fingerprint density at radius 2 is 2.20 bits per heavy atom. The average Bonchev–Trinajstić information content (AvgIpc) is 2.67. The Balaban J connectivity index is 2.07. The van der Waals surface area contributed by atoms with Crippen LogP contribution < -0.4 is 5.73 Å². The van der Waals surface area contributed by atoms with Crippen molar-refractivity contribution in [1.29, 1.82) is 0 Å². The normalized spacial score (nSPS) is 19.6. The highest BCUT2D eigenvalue weighted by molar-refractivity contribution is 5.98. The first-order valence-corrected chi connectivity index (χ1v) is 7.50. The van der Waals surface area contributed by atoms with Crippen LogP contribution in [0.5, 0.6) is 5.75 Å². The molecule has 3 N–H and O–H groups in total. The van der Waals surface area contributed by atoms with Crippen LogP contribution in [-0.4, -0.2) is 29.0 Å². The fourth-order valence-corrected chi connectivity index (χ4v) is 2.97. The van der Waals surface area contributed by atoms with Gasteiger partial charge in [0.2, 0.25) is 0 Å². The fraction of sp³-hybridized carbons (Fsp3) is 0.562. The van der Waals surface area contributed by atoms with Crippen LogP contribution in [0.4, 0.5) is 5.69 Å². The molecule has 4 nitrogen and oxygen atoms in total. The van der Waals surface area contributed by atoms with E-state index in [0.717, 1.165) is 31.8 Å². The Hall–Kier alpha value is -1.71. The second kappa shape index (κ2) is 6.64. The number of rotatable bonds is 3. The number of phenolic OH excluding ortho intramolecular Hbond substituents is 1. The van der Waals surface area contributed by atoms with Crippen molar-refractivity contribution in [3.63, 3.8) is 0 Å². The Kier molecular flexibility index (Phi) is 4.88. The maximum absolute atomic E-state index is 12.5. The van der Waals surface area contributed by atoms with Crippen LogP contribution in [0.25, 0.3) is 0 Å². The molecule has 0 saturated carbocycles. The maximum Gasteiger partial charge on any atom is 0.257 e. The number of aromatic hydroxyl groups is 1. The monoisotopic (exact) mass is 276 g/mol. The maximum atomic E-state index is 12.5. The second-order valence-corrected chi connectivity index (χ2v) is 5.62. The van der Waals surface area contributed by atoms with Gasteiger partial charge in [0.25, 0.3) is 5.91 Å². The third-order valence-electron chi connectivity index (χ3n) is 4.13. The van der Waals surface area contributed by atoms with Gasteiger partial charge in [-0.1, -0.05) is 25.8 Å². The van der Waals surface area contributed by atoms with E-state index in [1.165, 1.54) is 19.3 Å². The lowest BCUT2D eigenvalue weighted by Crippen LogP contribution is -2.32. The zero-order valence-electron chi connectivity index (χ0n) is 12.1. The number of likely N-dealkylation sites (tertiary alicyclic amines) is 1. The molecule has 20 heavy (non-hydrogen) atoms. The summed E-state index contributed by atoms with van der Waals surface area (Å²) >= 11 is 0. The third-order valence-corrected chi connectivity index (χ3v) is 4.13. The van der Waals surface area contributed by atoms with Crippen molar-refractivity contribution in [2.24, 2.45) is 5.92 Å². The molecule has 0 bridgehead atoms. The minimum absolute atomic E-state index is 0.0909. The molecular formula is C16H24N2O2. The van der Waals surface area contributed by atoms with Gasteiger partial charge in [0.15, 0.2) is 5.75 Å². The van der Waals surface area contributed by atoms with E-state index in [9.17, 15) is 9.90 Å². The predicted octanol–water partition coefficient (Wildman–Crippen LogP) is 3.02. The molecule has 1 saturated heterocycles. The largest absolute Gasteiger partial charge is 0.505 e. The van der Waals surface area contributed by atoms with Gasteiger partial charge in [-0.2, -0.15) is 0 Å². The summed E-state index contributed by atoms with van der Waals surface area (Å²) in [5, 5.41) is 9.93. The molecule has 4 heteroatoms. The first-order valence-electron chi connectivity index (χ1n) is 7.50. The number of nitrogen functional groups attached to an aromatic ring is 1. The van der Waals surface area contributed by atoms with Gasteiger partial charge in [-0.3, -0.25) is 4.79 Å². The van der Waals surface area contributed by atoms with Crippen molar-refractivity contribution < 1.29 is 9.90 Å². The van der Waals surface area contributed by atoms with Crippen LogP contribution in [0.2, 0.25) is 0 Å². The number of carbonyl (C=O) groups excluding carboxylic acids is 1.